The van der Waals surface area contributed by atoms with Gasteiger partial charge in [-0.05, 0) is 42.0 Å². The largest absolute Gasteiger partial charge is 0.497 e. The molecule has 0 aliphatic rings. The molecular weight excluding hydrogens is 384 g/mol. The number of nitrogens with one attached hydrogen (secondary N) is 1. The Morgan fingerprint density at radius 2 is 1.82 bits per heavy atom. The van der Waals surface area contributed by atoms with E-state index in [0.29, 0.717) is 28.3 Å². The Labute approximate surface area is 167 Å². The minimum atomic E-state index is -0.685. The molecule has 0 spiro atoms. The number of nitriles is 1. The van der Waals surface area contributed by atoms with Crippen LogP contribution in [-0.2, 0) is 14.3 Å². The number of amides is 1. The maximum atomic E-state index is 11.9. The Morgan fingerprint density at radius 3 is 2.39 bits per heavy atom. The average molecular weight is 401 g/mol. The van der Waals surface area contributed by atoms with E-state index in [1.54, 1.807) is 18.2 Å². The van der Waals surface area contributed by atoms with Crippen LogP contribution < -0.4 is 14.8 Å². The van der Waals surface area contributed by atoms with Crippen LogP contribution in [0.3, 0.4) is 0 Å². The summed E-state index contributed by atoms with van der Waals surface area (Å²) in [6.45, 7) is -0.470. The molecule has 0 aliphatic heterocycles. The standard InChI is InChI=1S/C20H17ClN2O5/c1-26-16-7-13(8-17(10-16)27-2)3-6-20(25)28-12-19(24)23-15-5-4-14(11-22)18(21)9-15/h3-10H,12H2,1-2H3,(H,23,24)/b6-3+. The molecule has 0 atom stereocenters. The fraction of sp³-hybridized carbons (Fsp3) is 0.150. The number of carbonyl (C=O) groups excluding carboxylic acids is 2. The molecule has 0 bridgehead atoms. The van der Waals surface area contributed by atoms with E-state index in [-0.39, 0.29) is 5.02 Å². The number of carbonyl (C=O) groups is 2. The highest BCUT2D eigenvalue weighted by Crippen LogP contribution is 2.23. The van der Waals surface area contributed by atoms with Crippen molar-refractivity contribution in [3.8, 4) is 17.6 Å². The van der Waals surface area contributed by atoms with Gasteiger partial charge in [0.25, 0.3) is 5.91 Å². The number of benzene rings is 2. The number of halogens is 1. The van der Waals surface area contributed by atoms with Crippen LogP contribution >= 0.6 is 11.6 Å². The first-order chi connectivity index (χ1) is 13.4. The summed E-state index contributed by atoms with van der Waals surface area (Å²) in [5.41, 5.74) is 1.36. The van der Waals surface area contributed by atoms with E-state index < -0.39 is 18.5 Å². The highest BCUT2D eigenvalue weighted by Gasteiger charge is 2.08. The zero-order valence-corrected chi connectivity index (χ0v) is 15.9. The van der Waals surface area contributed by atoms with Crippen molar-refractivity contribution < 1.29 is 23.8 Å². The van der Waals surface area contributed by atoms with Crippen LogP contribution in [0.2, 0.25) is 5.02 Å². The van der Waals surface area contributed by atoms with E-state index in [0.717, 1.165) is 0 Å². The molecule has 144 valence electrons. The smallest absolute Gasteiger partial charge is 0.331 e. The molecule has 0 aliphatic carbocycles. The molecule has 0 radical (unpaired) electrons. The van der Waals surface area contributed by atoms with Gasteiger partial charge in [-0.3, -0.25) is 4.79 Å². The third-order valence-electron chi connectivity index (χ3n) is 3.50. The second kappa shape index (κ2) is 10.00. The fourth-order valence-electron chi connectivity index (χ4n) is 2.16. The third kappa shape index (κ3) is 6.04. The van der Waals surface area contributed by atoms with Gasteiger partial charge in [0.2, 0.25) is 0 Å². The van der Waals surface area contributed by atoms with Crippen LogP contribution in [0.15, 0.2) is 42.5 Å². The molecule has 0 saturated heterocycles. The van der Waals surface area contributed by atoms with E-state index in [4.69, 9.17) is 31.1 Å². The topological polar surface area (TPSA) is 97.6 Å². The van der Waals surface area contributed by atoms with E-state index in [1.165, 1.54) is 44.6 Å². The van der Waals surface area contributed by atoms with Gasteiger partial charge in [-0.2, -0.15) is 5.26 Å². The van der Waals surface area contributed by atoms with Gasteiger partial charge in [-0.1, -0.05) is 11.6 Å². The van der Waals surface area contributed by atoms with E-state index >= 15 is 0 Å². The quantitative estimate of drug-likeness (QED) is 0.565. The molecule has 7 nitrogen and oxygen atoms in total. The van der Waals surface area contributed by atoms with Crippen molar-refractivity contribution in [1.82, 2.24) is 0 Å². The molecular formula is C20H17ClN2O5. The predicted molar refractivity (Wildman–Crippen MR) is 104 cm³/mol. The van der Waals surface area contributed by atoms with Gasteiger partial charge in [0.05, 0.1) is 24.8 Å². The summed E-state index contributed by atoms with van der Waals surface area (Å²) in [6.07, 6.45) is 2.71. The molecule has 2 rings (SSSR count). The number of hydrogen-bond donors (Lipinski definition) is 1. The van der Waals surface area contributed by atoms with Crippen molar-refractivity contribution in [2.24, 2.45) is 0 Å². The van der Waals surface area contributed by atoms with Crippen molar-refractivity contribution in [2.45, 2.75) is 0 Å². The lowest BCUT2D eigenvalue weighted by Gasteiger charge is -2.07. The molecule has 2 aromatic rings. The van der Waals surface area contributed by atoms with Gasteiger partial charge in [-0.25, -0.2) is 4.79 Å². The molecule has 1 N–H and O–H groups in total. The Kier molecular flexibility index (Phi) is 7.43. The molecule has 0 heterocycles. The minimum Gasteiger partial charge on any atom is -0.497 e. The lowest BCUT2D eigenvalue weighted by Crippen LogP contribution is -2.20. The Bertz CT molecular complexity index is 928. The van der Waals surface area contributed by atoms with Crippen LogP contribution in [0.1, 0.15) is 11.1 Å². The second-order valence-corrected chi connectivity index (χ2v) is 5.85. The van der Waals surface area contributed by atoms with Crippen LogP contribution in [0, 0.1) is 11.3 Å². The number of nitrogens with zero attached hydrogens (tertiary/aromatic N) is 1. The first-order valence-electron chi connectivity index (χ1n) is 8.02. The summed E-state index contributed by atoms with van der Waals surface area (Å²) in [5, 5.41) is 11.6. The number of hydrogen-bond acceptors (Lipinski definition) is 6. The summed E-state index contributed by atoms with van der Waals surface area (Å²) in [7, 11) is 3.05. The summed E-state index contributed by atoms with van der Waals surface area (Å²) >= 11 is 5.90. The average Bonchev–Trinajstić information content (AvgIpc) is 2.70. The molecule has 0 fully saturated rings. The summed E-state index contributed by atoms with van der Waals surface area (Å²) in [4.78, 5) is 23.7. The number of esters is 1. The fourth-order valence-corrected chi connectivity index (χ4v) is 2.38. The third-order valence-corrected chi connectivity index (χ3v) is 3.82. The number of methoxy groups -OCH3 is 2. The monoisotopic (exact) mass is 400 g/mol. The predicted octanol–water partition coefficient (Wildman–Crippen LogP) is 3.42. The van der Waals surface area contributed by atoms with Crippen LogP contribution in [-0.4, -0.2) is 32.7 Å². The molecule has 0 aromatic heterocycles. The zero-order valence-electron chi connectivity index (χ0n) is 15.2. The van der Waals surface area contributed by atoms with Gasteiger partial charge in [0, 0.05) is 17.8 Å². The van der Waals surface area contributed by atoms with Gasteiger partial charge in [0.1, 0.15) is 17.6 Å². The molecule has 28 heavy (non-hydrogen) atoms. The number of anilines is 1. The van der Waals surface area contributed by atoms with Gasteiger partial charge < -0.3 is 19.5 Å². The molecule has 1 amide bonds. The first kappa shape index (κ1) is 20.8. The molecule has 0 unspecified atom stereocenters. The van der Waals surface area contributed by atoms with Crippen LogP contribution in [0.25, 0.3) is 6.08 Å². The van der Waals surface area contributed by atoms with E-state index in [1.807, 2.05) is 6.07 Å². The zero-order chi connectivity index (χ0) is 20.5. The lowest BCUT2D eigenvalue weighted by molar-refractivity contribution is -0.142. The van der Waals surface area contributed by atoms with Crippen molar-refractivity contribution >= 4 is 35.2 Å². The van der Waals surface area contributed by atoms with Crippen LogP contribution in [0.4, 0.5) is 5.69 Å². The van der Waals surface area contributed by atoms with Crippen molar-refractivity contribution in [1.29, 1.82) is 5.26 Å². The molecule has 8 heteroatoms. The lowest BCUT2D eigenvalue weighted by atomic mass is 10.2. The summed E-state index contributed by atoms with van der Waals surface area (Å²) in [5.74, 6) is -0.0685. The number of rotatable bonds is 7. The van der Waals surface area contributed by atoms with Crippen molar-refractivity contribution in [2.75, 3.05) is 26.1 Å². The minimum absolute atomic E-state index is 0.217. The number of ether oxygens (including phenoxy) is 3. The Hall–Kier alpha value is -3.50. The Balaban J connectivity index is 1.90. The molecule has 0 saturated carbocycles. The normalized spacial score (nSPS) is 10.2. The van der Waals surface area contributed by atoms with Crippen LogP contribution in [0.5, 0.6) is 11.5 Å². The molecule has 2 aromatic carbocycles. The first-order valence-corrected chi connectivity index (χ1v) is 8.40. The SMILES string of the molecule is COc1cc(/C=C/C(=O)OCC(=O)Nc2ccc(C#N)c(Cl)c2)cc(OC)c1. The van der Waals surface area contributed by atoms with Gasteiger partial charge >= 0.3 is 5.97 Å². The van der Waals surface area contributed by atoms with E-state index in [2.05, 4.69) is 5.32 Å². The second-order valence-electron chi connectivity index (χ2n) is 5.44. The Morgan fingerprint density at radius 1 is 1.14 bits per heavy atom. The maximum absolute atomic E-state index is 11.9. The maximum Gasteiger partial charge on any atom is 0.331 e. The highest BCUT2D eigenvalue weighted by atomic mass is 35.5. The van der Waals surface area contributed by atoms with Gasteiger partial charge in [-0.15, -0.1) is 0 Å². The summed E-state index contributed by atoms with van der Waals surface area (Å²) < 4.78 is 15.2. The van der Waals surface area contributed by atoms with Gasteiger partial charge in [0.15, 0.2) is 6.61 Å². The van der Waals surface area contributed by atoms with E-state index in [9.17, 15) is 9.59 Å². The highest BCUT2D eigenvalue weighted by molar-refractivity contribution is 6.32. The summed E-state index contributed by atoms with van der Waals surface area (Å²) in [6, 6.07) is 11.5. The van der Waals surface area contributed by atoms with Crippen molar-refractivity contribution in [3.63, 3.8) is 0 Å². The van der Waals surface area contributed by atoms with Crippen molar-refractivity contribution in [3.05, 3.63) is 58.6 Å².